The zero-order valence-corrected chi connectivity index (χ0v) is 19.4. The van der Waals surface area contributed by atoms with Crippen LogP contribution in [0.4, 0.5) is 0 Å². The van der Waals surface area contributed by atoms with E-state index in [2.05, 4.69) is 16.3 Å². The Balaban J connectivity index is 1.21. The molecule has 4 aliphatic rings. The van der Waals surface area contributed by atoms with Crippen molar-refractivity contribution >= 4 is 17.7 Å². The summed E-state index contributed by atoms with van der Waals surface area (Å²) in [5, 5.41) is 12.0. The Morgan fingerprint density at radius 3 is 2.55 bits per heavy atom. The van der Waals surface area contributed by atoms with Gasteiger partial charge in [-0.15, -0.1) is 0 Å². The van der Waals surface area contributed by atoms with Gasteiger partial charge in [-0.2, -0.15) is 5.26 Å². The van der Waals surface area contributed by atoms with Crippen LogP contribution in [0.25, 0.3) is 0 Å². The largest absolute Gasteiger partial charge is 0.355 e. The topological polar surface area (TPSA) is 96.8 Å². The van der Waals surface area contributed by atoms with Crippen LogP contribution in [-0.4, -0.2) is 76.7 Å². The molecule has 8 heteroatoms. The van der Waals surface area contributed by atoms with E-state index in [1.165, 1.54) is 0 Å². The number of fused-ring (bicyclic) bond motifs is 3. The third kappa shape index (κ3) is 3.59. The number of benzene rings is 1. The summed E-state index contributed by atoms with van der Waals surface area (Å²) in [6, 6.07) is 9.56. The van der Waals surface area contributed by atoms with Gasteiger partial charge >= 0.3 is 0 Å². The summed E-state index contributed by atoms with van der Waals surface area (Å²) in [5.74, 6) is 0.332. The van der Waals surface area contributed by atoms with Gasteiger partial charge < -0.3 is 15.1 Å². The van der Waals surface area contributed by atoms with Gasteiger partial charge in [-0.05, 0) is 49.8 Å². The fraction of sp³-hybridized carbons (Fsp3) is 0.600. The Kier molecular flexibility index (Phi) is 5.40. The van der Waals surface area contributed by atoms with Crippen LogP contribution in [0, 0.1) is 23.2 Å². The fourth-order valence-corrected chi connectivity index (χ4v) is 6.19. The van der Waals surface area contributed by atoms with Crippen molar-refractivity contribution in [3.63, 3.8) is 0 Å². The van der Waals surface area contributed by atoms with E-state index in [9.17, 15) is 19.6 Å². The lowest BCUT2D eigenvalue weighted by Gasteiger charge is -2.38. The molecule has 1 N–H and O–H groups in total. The number of piperidine rings is 1. The van der Waals surface area contributed by atoms with Crippen molar-refractivity contribution in [2.24, 2.45) is 11.8 Å². The van der Waals surface area contributed by atoms with Crippen molar-refractivity contribution in [3.8, 4) is 6.07 Å². The second-order valence-electron chi connectivity index (χ2n) is 10.1. The van der Waals surface area contributed by atoms with Gasteiger partial charge in [-0.25, -0.2) is 0 Å². The molecule has 3 amide bonds. The number of likely N-dealkylation sites (tertiary alicyclic amines) is 3. The highest BCUT2D eigenvalue weighted by atomic mass is 16.2. The molecule has 3 aliphatic heterocycles. The van der Waals surface area contributed by atoms with Crippen molar-refractivity contribution in [2.75, 3.05) is 20.1 Å². The van der Waals surface area contributed by atoms with Crippen LogP contribution in [0.1, 0.15) is 55.1 Å². The Morgan fingerprint density at radius 1 is 1.18 bits per heavy atom. The maximum atomic E-state index is 13.3. The molecule has 8 nitrogen and oxygen atoms in total. The number of carbonyl (C=O) groups excluding carboxylic acids is 3. The second-order valence-corrected chi connectivity index (χ2v) is 10.1. The lowest BCUT2D eigenvalue weighted by atomic mass is 10.0. The summed E-state index contributed by atoms with van der Waals surface area (Å²) >= 11 is 0. The zero-order valence-electron chi connectivity index (χ0n) is 19.4. The minimum Gasteiger partial charge on any atom is -0.355 e. The summed E-state index contributed by atoms with van der Waals surface area (Å²) in [7, 11) is 1.61. The van der Waals surface area contributed by atoms with Crippen molar-refractivity contribution < 1.29 is 14.4 Å². The molecule has 33 heavy (non-hydrogen) atoms. The first-order valence-electron chi connectivity index (χ1n) is 11.9. The number of nitriles is 1. The Labute approximate surface area is 194 Å². The standard InChI is InChI=1S/C25H31N5O3/c1-14(24(32)30-19(11-26)8-18-9-21(18)30)12-28-13-20-10-22(28)25(33)29(20)15(2)16-4-6-17(7-5-16)23(31)27-3/h4-7,14-15,18-22H,8-10,12-13H2,1-3H3,(H,27,31)/t14-,15+,18+,19-,20+,21?,22+/m0/s1. The van der Waals surface area contributed by atoms with E-state index in [0.717, 1.165) is 31.4 Å². The molecule has 0 aromatic heterocycles. The van der Waals surface area contributed by atoms with Crippen LogP contribution in [0.15, 0.2) is 24.3 Å². The smallest absolute Gasteiger partial charge is 0.251 e. The van der Waals surface area contributed by atoms with E-state index in [-0.39, 0.29) is 53.8 Å². The van der Waals surface area contributed by atoms with Gasteiger partial charge in [-0.3, -0.25) is 19.3 Å². The minimum absolute atomic E-state index is 0.0585. The summed E-state index contributed by atoms with van der Waals surface area (Å²) < 4.78 is 0. The number of piperazine rings is 1. The van der Waals surface area contributed by atoms with E-state index in [0.29, 0.717) is 18.0 Å². The average Bonchev–Trinajstić information content (AvgIpc) is 3.15. The molecule has 0 spiro atoms. The van der Waals surface area contributed by atoms with Gasteiger partial charge in [-0.1, -0.05) is 19.1 Å². The molecular weight excluding hydrogens is 418 g/mol. The highest BCUT2D eigenvalue weighted by Gasteiger charge is 2.55. The molecule has 0 radical (unpaired) electrons. The molecule has 1 aliphatic carbocycles. The molecular formula is C25H31N5O3. The van der Waals surface area contributed by atoms with Gasteiger partial charge in [0.15, 0.2) is 0 Å². The van der Waals surface area contributed by atoms with Gasteiger partial charge in [0.2, 0.25) is 11.8 Å². The molecule has 3 saturated heterocycles. The maximum Gasteiger partial charge on any atom is 0.251 e. The SMILES string of the molecule is CNC(=O)c1ccc([C@@H](C)N2C(=O)[C@H]3C[C@@H]2CN3C[C@H](C)C(=O)N2C3C[C@H]3C[C@H]2C#N)cc1. The molecule has 1 unspecified atom stereocenters. The van der Waals surface area contributed by atoms with Crippen molar-refractivity contribution in [1.82, 2.24) is 20.0 Å². The van der Waals surface area contributed by atoms with Crippen LogP contribution in [0.3, 0.4) is 0 Å². The summed E-state index contributed by atoms with van der Waals surface area (Å²) in [4.78, 5) is 44.1. The van der Waals surface area contributed by atoms with E-state index >= 15 is 0 Å². The number of nitrogens with zero attached hydrogens (tertiary/aromatic N) is 4. The van der Waals surface area contributed by atoms with Crippen LogP contribution in [0.2, 0.25) is 0 Å². The first-order valence-corrected chi connectivity index (χ1v) is 11.9. The summed E-state index contributed by atoms with van der Waals surface area (Å²) in [5.41, 5.74) is 1.61. The van der Waals surface area contributed by atoms with E-state index in [4.69, 9.17) is 0 Å². The monoisotopic (exact) mass is 449 g/mol. The Morgan fingerprint density at radius 2 is 1.91 bits per heavy atom. The molecule has 3 heterocycles. The molecule has 174 valence electrons. The molecule has 4 fully saturated rings. The van der Waals surface area contributed by atoms with Gasteiger partial charge in [0.25, 0.3) is 5.91 Å². The molecule has 1 aromatic carbocycles. The minimum atomic E-state index is -0.286. The van der Waals surface area contributed by atoms with E-state index in [1.54, 1.807) is 19.2 Å². The van der Waals surface area contributed by atoms with Crippen LogP contribution >= 0.6 is 0 Å². The van der Waals surface area contributed by atoms with E-state index in [1.807, 2.05) is 35.8 Å². The lowest BCUT2D eigenvalue weighted by Crippen LogP contribution is -2.53. The Hall–Kier alpha value is -2.92. The summed E-state index contributed by atoms with van der Waals surface area (Å²) in [6.07, 6.45) is 2.62. The van der Waals surface area contributed by atoms with Gasteiger partial charge in [0.05, 0.1) is 18.2 Å². The van der Waals surface area contributed by atoms with Crippen molar-refractivity contribution in [1.29, 1.82) is 5.26 Å². The maximum absolute atomic E-state index is 13.3. The first kappa shape index (κ1) is 21.9. The molecule has 1 aromatic rings. The highest BCUT2D eigenvalue weighted by Crippen LogP contribution is 2.48. The zero-order chi connectivity index (χ0) is 23.4. The quantitative estimate of drug-likeness (QED) is 0.711. The van der Waals surface area contributed by atoms with Crippen molar-refractivity contribution in [2.45, 2.75) is 63.3 Å². The van der Waals surface area contributed by atoms with Gasteiger partial charge in [0.1, 0.15) is 6.04 Å². The van der Waals surface area contributed by atoms with Crippen molar-refractivity contribution in [3.05, 3.63) is 35.4 Å². The van der Waals surface area contributed by atoms with Gasteiger partial charge in [0, 0.05) is 43.7 Å². The number of hydrogen-bond donors (Lipinski definition) is 1. The summed E-state index contributed by atoms with van der Waals surface area (Å²) in [6.45, 7) is 5.28. The number of rotatable bonds is 6. The van der Waals surface area contributed by atoms with Crippen LogP contribution in [0.5, 0.6) is 0 Å². The first-order chi connectivity index (χ1) is 15.8. The second kappa shape index (κ2) is 8.14. The molecule has 5 rings (SSSR count). The third-order valence-electron chi connectivity index (χ3n) is 8.05. The number of amides is 3. The predicted octanol–water partition coefficient (Wildman–Crippen LogP) is 1.54. The fourth-order valence-electron chi connectivity index (χ4n) is 6.19. The van der Waals surface area contributed by atoms with Crippen LogP contribution in [-0.2, 0) is 9.59 Å². The number of carbonyl (C=O) groups is 3. The molecule has 1 saturated carbocycles. The highest BCUT2D eigenvalue weighted by molar-refractivity contribution is 5.94. The lowest BCUT2D eigenvalue weighted by molar-refractivity contribution is -0.142. The molecule has 2 bridgehead atoms. The number of hydrogen-bond acceptors (Lipinski definition) is 5. The normalized spacial score (nSPS) is 31.8. The predicted molar refractivity (Wildman–Crippen MR) is 121 cm³/mol. The average molecular weight is 450 g/mol. The molecule has 7 atom stereocenters. The number of nitrogens with one attached hydrogen (secondary N) is 1. The Bertz CT molecular complexity index is 1020. The van der Waals surface area contributed by atoms with E-state index < -0.39 is 0 Å². The van der Waals surface area contributed by atoms with Crippen LogP contribution < -0.4 is 5.32 Å². The third-order valence-corrected chi connectivity index (χ3v) is 8.05.